The van der Waals surface area contributed by atoms with E-state index in [0.717, 1.165) is 12.1 Å². The second-order valence-corrected chi connectivity index (χ2v) is 9.80. The summed E-state index contributed by atoms with van der Waals surface area (Å²) in [4.78, 5) is 51.3. The predicted octanol–water partition coefficient (Wildman–Crippen LogP) is 4.32. The van der Waals surface area contributed by atoms with Gasteiger partial charge in [0.25, 0.3) is 0 Å². The SMILES string of the molecule is CC(C)(C)C(=O)COC(=O)c1ccccc1SCC(=O)Nc1cccc(N2CCCC2=O)c1. The third kappa shape index (κ3) is 6.68. The van der Waals surface area contributed by atoms with Crippen LogP contribution in [0.15, 0.2) is 53.4 Å². The van der Waals surface area contributed by atoms with Crippen molar-refractivity contribution in [3.05, 3.63) is 54.1 Å². The first-order valence-corrected chi connectivity index (χ1v) is 11.8. The molecule has 1 fully saturated rings. The zero-order valence-corrected chi connectivity index (χ0v) is 19.9. The average Bonchev–Trinajstić information content (AvgIpc) is 3.21. The number of thioether (sulfide) groups is 1. The molecule has 2 aromatic rings. The summed E-state index contributed by atoms with van der Waals surface area (Å²) in [5.41, 5.74) is 1.09. The second kappa shape index (κ2) is 10.7. The Hall–Kier alpha value is -3.13. The topological polar surface area (TPSA) is 92.8 Å². The molecule has 8 heteroatoms. The number of ether oxygens (including phenoxy) is 1. The molecule has 174 valence electrons. The molecule has 1 saturated heterocycles. The van der Waals surface area contributed by atoms with Crippen molar-refractivity contribution in [2.24, 2.45) is 5.41 Å². The van der Waals surface area contributed by atoms with Crippen LogP contribution in [0.3, 0.4) is 0 Å². The fourth-order valence-electron chi connectivity index (χ4n) is 3.20. The van der Waals surface area contributed by atoms with E-state index in [0.29, 0.717) is 29.1 Å². The lowest BCUT2D eigenvalue weighted by molar-refractivity contribution is -0.129. The smallest absolute Gasteiger partial charge is 0.339 e. The van der Waals surface area contributed by atoms with Crippen molar-refractivity contribution in [1.29, 1.82) is 0 Å². The number of nitrogens with one attached hydrogen (secondary N) is 1. The van der Waals surface area contributed by atoms with Gasteiger partial charge in [-0.05, 0) is 36.8 Å². The molecule has 33 heavy (non-hydrogen) atoms. The Bertz CT molecular complexity index is 1060. The van der Waals surface area contributed by atoms with Crippen LogP contribution in [0.5, 0.6) is 0 Å². The largest absolute Gasteiger partial charge is 0.454 e. The number of hydrogen-bond donors (Lipinski definition) is 1. The third-order valence-electron chi connectivity index (χ3n) is 5.15. The van der Waals surface area contributed by atoms with Gasteiger partial charge in [0.2, 0.25) is 11.8 Å². The standard InChI is InChI=1S/C25H28N2O5S/c1-25(2,3)21(28)15-32-24(31)19-10-4-5-11-20(19)33-16-22(29)26-17-8-6-9-18(14-17)27-13-7-12-23(27)30/h4-6,8-11,14H,7,12-13,15-16H2,1-3H3,(H,26,29). The van der Waals surface area contributed by atoms with E-state index in [1.807, 2.05) is 6.07 Å². The molecule has 2 amide bonds. The summed E-state index contributed by atoms with van der Waals surface area (Å²) in [6, 6.07) is 14.0. The van der Waals surface area contributed by atoms with Gasteiger partial charge in [-0.2, -0.15) is 0 Å². The van der Waals surface area contributed by atoms with Crippen molar-refractivity contribution < 1.29 is 23.9 Å². The Morgan fingerprint density at radius 1 is 1.09 bits per heavy atom. The molecule has 1 N–H and O–H groups in total. The number of carbonyl (C=O) groups excluding carboxylic acids is 4. The van der Waals surface area contributed by atoms with Gasteiger partial charge in [-0.3, -0.25) is 14.4 Å². The van der Waals surface area contributed by atoms with Crippen LogP contribution in [0.25, 0.3) is 0 Å². The summed E-state index contributed by atoms with van der Waals surface area (Å²) in [7, 11) is 0. The highest BCUT2D eigenvalue weighted by molar-refractivity contribution is 8.00. The summed E-state index contributed by atoms with van der Waals surface area (Å²) >= 11 is 1.21. The van der Waals surface area contributed by atoms with E-state index in [1.165, 1.54) is 11.8 Å². The van der Waals surface area contributed by atoms with Gasteiger partial charge in [0.1, 0.15) is 0 Å². The van der Waals surface area contributed by atoms with Gasteiger partial charge < -0.3 is 15.0 Å². The normalized spacial score (nSPS) is 13.7. The molecule has 0 unspecified atom stereocenters. The van der Waals surface area contributed by atoms with Crippen molar-refractivity contribution in [1.82, 2.24) is 0 Å². The van der Waals surface area contributed by atoms with E-state index in [9.17, 15) is 19.2 Å². The lowest BCUT2D eigenvalue weighted by atomic mass is 9.91. The second-order valence-electron chi connectivity index (χ2n) is 8.78. The number of Topliss-reactive ketones (excluding diaryl/α,β-unsaturated/α-hetero) is 1. The van der Waals surface area contributed by atoms with Crippen LogP contribution in [0.4, 0.5) is 11.4 Å². The Morgan fingerprint density at radius 2 is 1.85 bits per heavy atom. The molecule has 0 spiro atoms. The fraction of sp³-hybridized carbons (Fsp3) is 0.360. The molecule has 2 aromatic carbocycles. The predicted molar refractivity (Wildman–Crippen MR) is 129 cm³/mol. The van der Waals surface area contributed by atoms with E-state index in [-0.39, 0.29) is 30.0 Å². The molecule has 7 nitrogen and oxygen atoms in total. The zero-order valence-electron chi connectivity index (χ0n) is 19.1. The Labute approximate surface area is 197 Å². The third-order valence-corrected chi connectivity index (χ3v) is 6.23. The van der Waals surface area contributed by atoms with Crippen LogP contribution in [-0.4, -0.2) is 42.5 Å². The molecule has 0 aliphatic carbocycles. The molecule has 0 atom stereocenters. The summed E-state index contributed by atoms with van der Waals surface area (Å²) in [5, 5.41) is 2.84. The van der Waals surface area contributed by atoms with E-state index in [1.54, 1.807) is 68.1 Å². The van der Waals surface area contributed by atoms with E-state index in [4.69, 9.17) is 4.74 Å². The quantitative estimate of drug-likeness (QED) is 0.458. The maximum Gasteiger partial charge on any atom is 0.339 e. The highest BCUT2D eigenvalue weighted by Crippen LogP contribution is 2.26. The van der Waals surface area contributed by atoms with Crippen molar-refractivity contribution in [3.8, 4) is 0 Å². The van der Waals surface area contributed by atoms with Crippen LogP contribution < -0.4 is 10.2 Å². The highest BCUT2D eigenvalue weighted by atomic mass is 32.2. The Morgan fingerprint density at radius 3 is 2.55 bits per heavy atom. The Kier molecular flexibility index (Phi) is 7.92. The number of rotatable bonds is 8. The van der Waals surface area contributed by atoms with Crippen molar-refractivity contribution in [3.63, 3.8) is 0 Å². The van der Waals surface area contributed by atoms with Gasteiger partial charge in [-0.15, -0.1) is 11.8 Å². The lowest BCUT2D eigenvalue weighted by Gasteiger charge is -2.17. The molecule has 0 radical (unpaired) electrons. The van der Waals surface area contributed by atoms with Gasteiger partial charge in [-0.1, -0.05) is 39.0 Å². The highest BCUT2D eigenvalue weighted by Gasteiger charge is 2.24. The first-order valence-electron chi connectivity index (χ1n) is 10.8. The van der Waals surface area contributed by atoms with Crippen LogP contribution in [0.2, 0.25) is 0 Å². The van der Waals surface area contributed by atoms with Crippen LogP contribution in [-0.2, 0) is 19.1 Å². The minimum atomic E-state index is -0.598. The number of nitrogens with zero attached hydrogens (tertiary/aromatic N) is 1. The van der Waals surface area contributed by atoms with Crippen LogP contribution in [0, 0.1) is 5.41 Å². The number of ketones is 1. The van der Waals surface area contributed by atoms with Crippen LogP contribution in [0.1, 0.15) is 44.0 Å². The molecular formula is C25H28N2O5S. The fourth-order valence-corrected chi connectivity index (χ4v) is 4.04. The molecular weight excluding hydrogens is 440 g/mol. The lowest BCUT2D eigenvalue weighted by Crippen LogP contribution is -2.26. The summed E-state index contributed by atoms with van der Waals surface area (Å²) in [6.07, 6.45) is 1.37. The molecule has 0 aromatic heterocycles. The summed E-state index contributed by atoms with van der Waals surface area (Å²) in [5.74, 6) is -0.840. The Balaban J connectivity index is 1.58. The summed E-state index contributed by atoms with van der Waals surface area (Å²) < 4.78 is 5.20. The number of hydrogen-bond acceptors (Lipinski definition) is 6. The maximum absolute atomic E-state index is 12.5. The number of esters is 1. The van der Waals surface area contributed by atoms with Gasteiger partial charge >= 0.3 is 5.97 Å². The maximum atomic E-state index is 12.5. The van der Waals surface area contributed by atoms with Crippen molar-refractivity contribution in [2.45, 2.75) is 38.5 Å². The van der Waals surface area contributed by atoms with E-state index in [2.05, 4.69) is 5.32 Å². The van der Waals surface area contributed by atoms with Gasteiger partial charge in [0.15, 0.2) is 12.4 Å². The average molecular weight is 469 g/mol. The number of amides is 2. The molecule has 1 heterocycles. The van der Waals surface area contributed by atoms with E-state index < -0.39 is 11.4 Å². The van der Waals surface area contributed by atoms with Gasteiger partial charge in [0.05, 0.1) is 11.3 Å². The minimum Gasteiger partial charge on any atom is -0.454 e. The first kappa shape index (κ1) is 24.5. The van der Waals surface area contributed by atoms with E-state index >= 15 is 0 Å². The minimum absolute atomic E-state index is 0.0814. The molecule has 0 bridgehead atoms. The van der Waals surface area contributed by atoms with Gasteiger partial charge in [0, 0.05) is 34.7 Å². The molecule has 0 saturated carbocycles. The molecule has 3 rings (SSSR count). The molecule has 1 aliphatic heterocycles. The summed E-state index contributed by atoms with van der Waals surface area (Å²) in [6.45, 7) is 5.69. The number of anilines is 2. The monoisotopic (exact) mass is 468 g/mol. The number of carbonyl (C=O) groups is 4. The van der Waals surface area contributed by atoms with Crippen LogP contribution >= 0.6 is 11.8 Å². The van der Waals surface area contributed by atoms with Crippen molar-refractivity contribution >= 4 is 46.7 Å². The van der Waals surface area contributed by atoms with Gasteiger partial charge in [-0.25, -0.2) is 4.79 Å². The first-order chi connectivity index (χ1) is 15.6. The molecule has 1 aliphatic rings. The number of benzene rings is 2. The zero-order chi connectivity index (χ0) is 24.0. The van der Waals surface area contributed by atoms with Crippen molar-refractivity contribution in [2.75, 3.05) is 29.1 Å².